The molecule has 2 heterocycles. The van der Waals surface area contributed by atoms with E-state index in [4.69, 9.17) is 4.42 Å². The lowest BCUT2D eigenvalue weighted by Crippen LogP contribution is -2.53. The largest absolute Gasteiger partial charge is 0.468 e. The quantitative estimate of drug-likeness (QED) is 0.843. The average molecular weight is 312 g/mol. The summed E-state index contributed by atoms with van der Waals surface area (Å²) >= 11 is 0. The fraction of sp³-hybridized carbons (Fsp3) is 0.643. The molecule has 1 aliphatic carbocycles. The fourth-order valence-corrected chi connectivity index (χ4v) is 4.03. The molecule has 1 aliphatic heterocycles. The van der Waals surface area contributed by atoms with Gasteiger partial charge >= 0.3 is 0 Å². The Morgan fingerprint density at radius 3 is 2.76 bits per heavy atom. The highest BCUT2D eigenvalue weighted by atomic mass is 32.2. The molecule has 6 nitrogen and oxygen atoms in total. The molecule has 3 rings (SSSR count). The predicted octanol–water partition coefficient (Wildman–Crippen LogP) is 0.813. The molecular weight excluding hydrogens is 292 g/mol. The summed E-state index contributed by atoms with van der Waals surface area (Å²) in [6, 6.07) is 3.45. The van der Waals surface area contributed by atoms with E-state index in [1.165, 1.54) is 6.26 Å². The minimum absolute atomic E-state index is 0.0390. The molecule has 21 heavy (non-hydrogen) atoms. The average Bonchev–Trinajstić information content (AvgIpc) is 2.90. The van der Waals surface area contributed by atoms with Crippen molar-refractivity contribution in [2.24, 2.45) is 17.8 Å². The summed E-state index contributed by atoms with van der Waals surface area (Å²) in [5.41, 5.74) is 0. The highest BCUT2D eigenvalue weighted by Gasteiger charge is 2.45. The summed E-state index contributed by atoms with van der Waals surface area (Å²) in [6.07, 6.45) is 2.49. The van der Waals surface area contributed by atoms with Gasteiger partial charge in [0.1, 0.15) is 5.76 Å². The van der Waals surface area contributed by atoms with E-state index >= 15 is 0 Å². The van der Waals surface area contributed by atoms with Gasteiger partial charge < -0.3 is 9.32 Å². The zero-order chi connectivity index (χ0) is 15.0. The van der Waals surface area contributed by atoms with E-state index in [1.54, 1.807) is 17.0 Å². The molecule has 7 heteroatoms. The number of nitrogens with one attached hydrogen (secondary N) is 1. The standard InChI is InChI=1S/C14H20N2O4S/c1-10-5-13(10)14(17)16-7-11(8-16)9-21(18,19)15-6-12-3-2-4-20-12/h2-4,10-11,13,15H,5-9H2,1H3. The summed E-state index contributed by atoms with van der Waals surface area (Å²) in [5.74, 6) is 1.57. The van der Waals surface area contributed by atoms with Crippen LogP contribution in [0.25, 0.3) is 0 Å². The van der Waals surface area contributed by atoms with E-state index in [0.717, 1.165) is 6.42 Å². The number of carbonyl (C=O) groups excluding carboxylic acids is 1. The van der Waals surface area contributed by atoms with Crippen molar-refractivity contribution < 1.29 is 17.6 Å². The molecule has 2 atom stereocenters. The number of nitrogens with zero attached hydrogens (tertiary/aromatic N) is 1. The van der Waals surface area contributed by atoms with E-state index in [-0.39, 0.29) is 30.0 Å². The number of furan rings is 1. The Kier molecular flexibility index (Phi) is 3.79. The first-order chi connectivity index (χ1) is 9.94. The molecule has 2 aliphatic rings. The van der Waals surface area contributed by atoms with Crippen LogP contribution in [-0.2, 0) is 21.4 Å². The van der Waals surface area contributed by atoms with E-state index in [0.29, 0.717) is 24.8 Å². The SMILES string of the molecule is CC1CC1C(=O)N1CC(CS(=O)(=O)NCc2ccco2)C1. The molecule has 0 bridgehead atoms. The van der Waals surface area contributed by atoms with Gasteiger partial charge in [-0.1, -0.05) is 6.92 Å². The molecule has 0 radical (unpaired) electrons. The Labute approximate surface area is 124 Å². The number of carbonyl (C=O) groups is 1. The van der Waals surface area contributed by atoms with Crippen molar-refractivity contribution in [2.45, 2.75) is 19.9 Å². The predicted molar refractivity (Wildman–Crippen MR) is 76.7 cm³/mol. The van der Waals surface area contributed by atoms with Gasteiger partial charge in [0.15, 0.2) is 0 Å². The van der Waals surface area contributed by atoms with Gasteiger partial charge in [-0.05, 0) is 24.5 Å². The van der Waals surface area contributed by atoms with Crippen LogP contribution in [0.3, 0.4) is 0 Å². The van der Waals surface area contributed by atoms with Crippen LogP contribution in [0, 0.1) is 17.8 Å². The highest BCUT2D eigenvalue weighted by molar-refractivity contribution is 7.89. The topological polar surface area (TPSA) is 79.6 Å². The highest BCUT2D eigenvalue weighted by Crippen LogP contribution is 2.40. The lowest BCUT2D eigenvalue weighted by Gasteiger charge is -2.39. The fourth-order valence-electron chi connectivity index (χ4n) is 2.72. The molecule has 2 fully saturated rings. The van der Waals surface area contributed by atoms with E-state index in [2.05, 4.69) is 11.6 Å². The molecular formula is C14H20N2O4S. The van der Waals surface area contributed by atoms with Crippen molar-refractivity contribution in [1.29, 1.82) is 0 Å². The molecule has 1 aromatic rings. The smallest absolute Gasteiger partial charge is 0.225 e. The van der Waals surface area contributed by atoms with Gasteiger partial charge in [0, 0.05) is 24.9 Å². The number of hydrogen-bond acceptors (Lipinski definition) is 4. The second-order valence-electron chi connectivity index (χ2n) is 6.11. The van der Waals surface area contributed by atoms with Crippen molar-refractivity contribution in [3.05, 3.63) is 24.2 Å². The number of sulfonamides is 1. The van der Waals surface area contributed by atoms with Gasteiger partial charge in [-0.2, -0.15) is 0 Å². The van der Waals surface area contributed by atoms with Crippen LogP contribution in [-0.4, -0.2) is 38.1 Å². The Hall–Kier alpha value is -1.34. The Balaban J connectivity index is 1.42. The maximum absolute atomic E-state index is 11.9. The van der Waals surface area contributed by atoms with Gasteiger partial charge in [0.2, 0.25) is 15.9 Å². The van der Waals surface area contributed by atoms with Gasteiger partial charge in [0.25, 0.3) is 0 Å². The molecule has 1 N–H and O–H groups in total. The lowest BCUT2D eigenvalue weighted by atomic mass is 10.0. The molecule has 1 saturated heterocycles. The maximum atomic E-state index is 11.9. The van der Waals surface area contributed by atoms with Crippen molar-refractivity contribution in [2.75, 3.05) is 18.8 Å². The van der Waals surface area contributed by atoms with Crippen LogP contribution >= 0.6 is 0 Å². The van der Waals surface area contributed by atoms with Crippen LogP contribution in [0.5, 0.6) is 0 Å². The molecule has 2 unspecified atom stereocenters. The van der Waals surface area contributed by atoms with Crippen molar-refractivity contribution in [3.8, 4) is 0 Å². The number of amides is 1. The third-order valence-corrected chi connectivity index (χ3v) is 5.69. The van der Waals surface area contributed by atoms with E-state index < -0.39 is 10.0 Å². The molecule has 1 aromatic heterocycles. The molecule has 116 valence electrons. The first-order valence-corrected chi connectivity index (χ1v) is 8.88. The van der Waals surface area contributed by atoms with Crippen LogP contribution in [0.15, 0.2) is 22.8 Å². The number of hydrogen-bond donors (Lipinski definition) is 1. The summed E-state index contributed by atoms with van der Waals surface area (Å²) in [7, 11) is -3.33. The minimum Gasteiger partial charge on any atom is -0.468 e. The summed E-state index contributed by atoms with van der Waals surface area (Å²) in [6.45, 7) is 3.36. The van der Waals surface area contributed by atoms with Crippen LogP contribution in [0.4, 0.5) is 0 Å². The first-order valence-electron chi connectivity index (χ1n) is 7.23. The van der Waals surface area contributed by atoms with Crippen molar-refractivity contribution >= 4 is 15.9 Å². The Morgan fingerprint density at radius 1 is 1.48 bits per heavy atom. The van der Waals surface area contributed by atoms with Gasteiger partial charge in [-0.3, -0.25) is 4.79 Å². The second-order valence-corrected chi connectivity index (χ2v) is 7.96. The molecule has 1 amide bonds. The lowest BCUT2D eigenvalue weighted by molar-refractivity contribution is -0.138. The van der Waals surface area contributed by atoms with E-state index in [1.807, 2.05) is 0 Å². The molecule has 0 aromatic carbocycles. The van der Waals surface area contributed by atoms with Crippen LogP contribution in [0.1, 0.15) is 19.1 Å². The normalized spacial score (nSPS) is 25.7. The molecule has 1 saturated carbocycles. The second kappa shape index (κ2) is 5.46. The zero-order valence-electron chi connectivity index (χ0n) is 12.0. The summed E-state index contributed by atoms with van der Waals surface area (Å²) in [4.78, 5) is 13.7. The zero-order valence-corrected chi connectivity index (χ0v) is 12.8. The van der Waals surface area contributed by atoms with Gasteiger partial charge in [-0.15, -0.1) is 0 Å². The number of rotatable bonds is 6. The Bertz CT molecular complexity index is 605. The third-order valence-electron chi connectivity index (χ3n) is 4.20. The first kappa shape index (κ1) is 14.6. The van der Waals surface area contributed by atoms with E-state index in [9.17, 15) is 13.2 Å². The molecule has 0 spiro atoms. The summed E-state index contributed by atoms with van der Waals surface area (Å²) in [5, 5.41) is 0. The van der Waals surface area contributed by atoms with Crippen LogP contribution < -0.4 is 4.72 Å². The maximum Gasteiger partial charge on any atom is 0.225 e. The van der Waals surface area contributed by atoms with Crippen molar-refractivity contribution in [3.63, 3.8) is 0 Å². The minimum atomic E-state index is -3.33. The van der Waals surface area contributed by atoms with Crippen molar-refractivity contribution in [1.82, 2.24) is 9.62 Å². The number of likely N-dealkylation sites (tertiary alicyclic amines) is 1. The monoisotopic (exact) mass is 312 g/mol. The van der Waals surface area contributed by atoms with Gasteiger partial charge in [-0.25, -0.2) is 13.1 Å². The van der Waals surface area contributed by atoms with Crippen LogP contribution in [0.2, 0.25) is 0 Å². The summed E-state index contributed by atoms with van der Waals surface area (Å²) < 4.78 is 31.5. The third kappa shape index (κ3) is 3.47. The van der Waals surface area contributed by atoms with Gasteiger partial charge in [0.05, 0.1) is 18.6 Å². The Morgan fingerprint density at radius 2 is 2.19 bits per heavy atom.